The largest absolute Gasteiger partial charge is 0.506 e. The number of aromatic hydroxyl groups is 1. The van der Waals surface area contributed by atoms with Gasteiger partial charge in [-0.3, -0.25) is 4.98 Å². The molecule has 7 heteroatoms. The van der Waals surface area contributed by atoms with Crippen LogP contribution in [0.3, 0.4) is 0 Å². The number of ether oxygens (including phenoxy) is 1. The zero-order chi connectivity index (χ0) is 27.8. The molecule has 3 aromatic carbocycles. The van der Waals surface area contributed by atoms with Gasteiger partial charge in [-0.2, -0.15) is 0 Å². The van der Waals surface area contributed by atoms with Crippen LogP contribution in [0.5, 0.6) is 17.2 Å². The van der Waals surface area contributed by atoms with Crippen molar-refractivity contribution in [1.82, 2.24) is 14.9 Å². The van der Waals surface area contributed by atoms with Crippen LogP contribution in [0.2, 0.25) is 0 Å². The number of aryl methyl sites for hydroxylation is 2. The highest BCUT2D eigenvalue weighted by molar-refractivity contribution is 7.80. The fraction of sp³-hybridized carbons (Fsp3) is 0.152. The van der Waals surface area contributed by atoms with Gasteiger partial charge in [-0.1, -0.05) is 36.4 Å². The third kappa shape index (κ3) is 4.58. The van der Waals surface area contributed by atoms with Crippen LogP contribution in [0.4, 0.5) is 5.69 Å². The lowest BCUT2D eigenvalue weighted by atomic mass is 9.96. The van der Waals surface area contributed by atoms with E-state index in [2.05, 4.69) is 39.7 Å². The molecule has 2 atom stereocenters. The van der Waals surface area contributed by atoms with Gasteiger partial charge in [0.1, 0.15) is 17.2 Å². The SMILES string of the molecule is Cc1ccccc1Oc1ccc(N2C(=S)N[C@@H](c3ccccn3)[C@H]2c2cc(C)n(-c3ccccc3O)c2C)cc1. The summed E-state index contributed by atoms with van der Waals surface area (Å²) in [6, 6.07) is 31.2. The van der Waals surface area contributed by atoms with Gasteiger partial charge in [-0.15, -0.1) is 0 Å². The summed E-state index contributed by atoms with van der Waals surface area (Å²) in [5.74, 6) is 1.82. The van der Waals surface area contributed by atoms with E-state index in [1.54, 1.807) is 6.07 Å². The van der Waals surface area contributed by atoms with Gasteiger partial charge in [0, 0.05) is 23.3 Å². The Kier molecular flexibility index (Phi) is 6.74. The molecular formula is C33H30N4O2S. The molecule has 0 unspecified atom stereocenters. The monoisotopic (exact) mass is 546 g/mol. The quantitative estimate of drug-likeness (QED) is 0.215. The number of rotatable bonds is 6. The first kappa shape index (κ1) is 25.6. The number of phenols is 1. The number of aromatic nitrogens is 2. The van der Waals surface area contributed by atoms with Gasteiger partial charge in [-0.05, 0) is 105 Å². The summed E-state index contributed by atoms with van der Waals surface area (Å²) in [7, 11) is 0. The molecule has 6 rings (SSSR count). The van der Waals surface area contributed by atoms with Crippen LogP contribution in [-0.4, -0.2) is 19.8 Å². The maximum atomic E-state index is 10.7. The second-order valence-electron chi connectivity index (χ2n) is 10.0. The van der Waals surface area contributed by atoms with Crippen LogP contribution < -0.4 is 15.0 Å². The number of hydrogen-bond acceptors (Lipinski definition) is 4. The van der Waals surface area contributed by atoms with Crippen LogP contribution >= 0.6 is 12.2 Å². The van der Waals surface area contributed by atoms with Crippen LogP contribution in [0.15, 0.2) is 103 Å². The molecule has 6 nitrogen and oxygen atoms in total. The Morgan fingerprint density at radius 2 is 1.60 bits per heavy atom. The van der Waals surface area contributed by atoms with E-state index in [4.69, 9.17) is 17.0 Å². The Morgan fingerprint density at radius 3 is 2.33 bits per heavy atom. The number of benzene rings is 3. The fourth-order valence-corrected chi connectivity index (χ4v) is 5.88. The summed E-state index contributed by atoms with van der Waals surface area (Å²) in [5.41, 5.74) is 6.83. The second-order valence-corrected chi connectivity index (χ2v) is 10.4. The first-order chi connectivity index (χ1) is 19.4. The van der Waals surface area contributed by atoms with Crippen LogP contribution in [0, 0.1) is 20.8 Å². The van der Waals surface area contributed by atoms with Crippen molar-refractivity contribution in [2.75, 3.05) is 4.90 Å². The molecule has 0 bridgehead atoms. The van der Waals surface area contributed by atoms with Crippen molar-refractivity contribution in [3.8, 4) is 22.9 Å². The molecule has 0 amide bonds. The van der Waals surface area contributed by atoms with Crippen LogP contribution in [0.1, 0.15) is 40.3 Å². The van der Waals surface area contributed by atoms with Gasteiger partial charge in [0.25, 0.3) is 0 Å². The number of anilines is 1. The third-order valence-corrected chi connectivity index (χ3v) is 7.76. The molecule has 0 aliphatic carbocycles. The predicted octanol–water partition coefficient (Wildman–Crippen LogP) is 7.47. The van der Waals surface area contributed by atoms with Gasteiger partial charge in [0.2, 0.25) is 0 Å². The summed E-state index contributed by atoms with van der Waals surface area (Å²) in [6.45, 7) is 6.18. The van der Waals surface area contributed by atoms with Crippen molar-refractivity contribution >= 4 is 23.0 Å². The van der Waals surface area contributed by atoms with Crippen molar-refractivity contribution in [2.45, 2.75) is 32.9 Å². The Labute approximate surface area is 239 Å². The van der Waals surface area contributed by atoms with Gasteiger partial charge in [-0.25, -0.2) is 0 Å². The van der Waals surface area contributed by atoms with Crippen molar-refractivity contribution < 1.29 is 9.84 Å². The lowest BCUT2D eigenvalue weighted by Gasteiger charge is -2.28. The van der Waals surface area contributed by atoms with Crippen LogP contribution in [0.25, 0.3) is 5.69 Å². The maximum Gasteiger partial charge on any atom is 0.174 e. The highest BCUT2D eigenvalue weighted by Gasteiger charge is 2.42. The Balaban J connectivity index is 1.42. The molecule has 3 heterocycles. The molecule has 5 aromatic rings. The Bertz CT molecular complexity index is 1680. The number of hydrogen-bond donors (Lipinski definition) is 2. The average molecular weight is 547 g/mol. The summed E-state index contributed by atoms with van der Waals surface area (Å²) < 4.78 is 8.25. The molecule has 1 saturated heterocycles. The first-order valence-corrected chi connectivity index (χ1v) is 13.6. The number of phenolic OH excluding ortho intramolecular Hbond substituents is 1. The van der Waals surface area contributed by atoms with E-state index in [9.17, 15) is 5.11 Å². The normalized spacial score (nSPS) is 16.7. The molecule has 40 heavy (non-hydrogen) atoms. The molecule has 1 aliphatic heterocycles. The summed E-state index contributed by atoms with van der Waals surface area (Å²) >= 11 is 5.94. The van der Waals surface area contributed by atoms with E-state index >= 15 is 0 Å². The molecular weight excluding hydrogens is 516 g/mol. The van der Waals surface area contributed by atoms with Crippen molar-refractivity contribution in [3.05, 3.63) is 131 Å². The predicted molar refractivity (Wildman–Crippen MR) is 163 cm³/mol. The number of nitrogens with one attached hydrogen (secondary N) is 1. The highest BCUT2D eigenvalue weighted by atomic mass is 32.1. The Morgan fingerprint density at radius 1 is 0.875 bits per heavy atom. The van der Waals surface area contributed by atoms with E-state index in [-0.39, 0.29) is 17.8 Å². The summed E-state index contributed by atoms with van der Waals surface area (Å²) in [4.78, 5) is 6.84. The number of para-hydroxylation sites is 3. The molecule has 2 N–H and O–H groups in total. The molecule has 0 radical (unpaired) electrons. The minimum Gasteiger partial charge on any atom is -0.506 e. The molecule has 1 fully saturated rings. The lowest BCUT2D eigenvalue weighted by Crippen LogP contribution is -2.29. The third-order valence-electron chi connectivity index (χ3n) is 7.45. The van der Waals surface area contributed by atoms with Crippen LogP contribution in [-0.2, 0) is 0 Å². The number of pyridine rings is 1. The van der Waals surface area contributed by atoms with Gasteiger partial charge >= 0.3 is 0 Å². The van der Waals surface area contributed by atoms with Gasteiger partial charge < -0.3 is 24.6 Å². The van der Waals surface area contributed by atoms with Gasteiger partial charge in [0.05, 0.1) is 23.5 Å². The summed E-state index contributed by atoms with van der Waals surface area (Å²) in [6.07, 6.45) is 1.81. The molecule has 0 spiro atoms. The number of nitrogens with zero attached hydrogens (tertiary/aromatic N) is 3. The smallest absolute Gasteiger partial charge is 0.174 e. The minimum absolute atomic E-state index is 0.170. The van der Waals surface area contributed by atoms with E-state index in [1.807, 2.05) is 98.0 Å². The molecule has 2 aromatic heterocycles. The Hall–Kier alpha value is -4.62. The summed E-state index contributed by atoms with van der Waals surface area (Å²) in [5, 5.41) is 14.8. The van der Waals surface area contributed by atoms with Crippen molar-refractivity contribution in [3.63, 3.8) is 0 Å². The van der Waals surface area contributed by atoms with E-state index in [0.717, 1.165) is 51.1 Å². The highest BCUT2D eigenvalue weighted by Crippen LogP contribution is 2.44. The van der Waals surface area contributed by atoms with Crippen molar-refractivity contribution in [1.29, 1.82) is 0 Å². The first-order valence-electron chi connectivity index (χ1n) is 13.2. The van der Waals surface area contributed by atoms with Gasteiger partial charge in [0.15, 0.2) is 5.11 Å². The fourth-order valence-electron chi connectivity index (χ4n) is 5.53. The molecule has 0 saturated carbocycles. The molecule has 1 aliphatic rings. The van der Waals surface area contributed by atoms with E-state index in [0.29, 0.717) is 5.11 Å². The van der Waals surface area contributed by atoms with E-state index < -0.39 is 0 Å². The maximum absolute atomic E-state index is 10.7. The standard InChI is InChI=1S/C33H30N4O2S/c1-21-10-4-7-14-30(21)39-25-17-15-24(16-18-25)37-32(31(35-33(37)40)27-11-8-9-19-34-27)26-20-22(2)36(23(26)3)28-12-5-6-13-29(28)38/h4-20,31-32,38H,1-3H3,(H,35,40)/t31-,32+/m0/s1. The molecule has 200 valence electrons. The van der Waals surface area contributed by atoms with Crippen molar-refractivity contribution in [2.24, 2.45) is 0 Å². The zero-order valence-corrected chi connectivity index (χ0v) is 23.4. The zero-order valence-electron chi connectivity index (χ0n) is 22.6. The number of thiocarbonyl (C=S) groups is 1. The second kappa shape index (κ2) is 10.5. The van der Waals surface area contributed by atoms with E-state index in [1.165, 1.54) is 0 Å². The average Bonchev–Trinajstić information content (AvgIpc) is 3.46. The lowest BCUT2D eigenvalue weighted by molar-refractivity contribution is 0.471. The minimum atomic E-state index is -0.171. The topological polar surface area (TPSA) is 62.5 Å².